The van der Waals surface area contributed by atoms with Crippen molar-refractivity contribution in [2.75, 3.05) is 20.8 Å². The van der Waals surface area contributed by atoms with Crippen LogP contribution in [0.4, 0.5) is 5.69 Å². The topological polar surface area (TPSA) is 97.8 Å². The predicted octanol–water partition coefficient (Wildman–Crippen LogP) is 5.23. The summed E-state index contributed by atoms with van der Waals surface area (Å²) in [5.74, 6) is 1.26. The van der Waals surface area contributed by atoms with Crippen LogP contribution in [0.15, 0.2) is 83.4 Å². The van der Waals surface area contributed by atoms with Crippen molar-refractivity contribution in [3.63, 3.8) is 0 Å². The number of fused-ring (bicyclic) bond motifs is 1. The van der Waals surface area contributed by atoms with Gasteiger partial charge in [-0.3, -0.25) is 15.1 Å². The van der Waals surface area contributed by atoms with E-state index < -0.39 is 4.92 Å². The van der Waals surface area contributed by atoms with Crippen LogP contribution in [0.3, 0.4) is 0 Å². The molecule has 2 aromatic rings. The van der Waals surface area contributed by atoms with Crippen LogP contribution in [0, 0.1) is 21.4 Å². The number of benzene rings is 2. The fourth-order valence-electron chi connectivity index (χ4n) is 3.34. The maximum atomic E-state index is 10.7. The minimum Gasteiger partial charge on any atom is -0.493 e. The van der Waals surface area contributed by atoms with Gasteiger partial charge in [-0.2, -0.15) is 5.26 Å². The van der Waals surface area contributed by atoms with Gasteiger partial charge in [0, 0.05) is 24.2 Å². The molecule has 0 saturated heterocycles. The number of non-ortho nitro benzene ring substituents is 1. The summed E-state index contributed by atoms with van der Waals surface area (Å²) in [6.07, 6.45) is 13.5. The van der Waals surface area contributed by atoms with Crippen LogP contribution in [0.25, 0.3) is 6.08 Å². The number of nitriles is 1. The summed E-state index contributed by atoms with van der Waals surface area (Å²) >= 11 is 0. The number of nitro benzene ring substituents is 1. The summed E-state index contributed by atoms with van der Waals surface area (Å²) < 4.78 is 10.8. The highest BCUT2D eigenvalue weighted by atomic mass is 16.6. The lowest BCUT2D eigenvalue weighted by molar-refractivity contribution is -0.384. The normalized spacial score (nSPS) is 13.7. The Bertz CT molecular complexity index is 1210. The number of nitro groups is 1. The monoisotopic (exact) mass is 441 g/mol. The van der Waals surface area contributed by atoms with E-state index in [1.54, 1.807) is 38.5 Å². The molecule has 0 fully saturated rings. The van der Waals surface area contributed by atoms with E-state index in [-0.39, 0.29) is 5.69 Å². The number of nitrogens with zero attached hydrogens (tertiary/aromatic N) is 3. The molecule has 0 atom stereocenters. The van der Waals surface area contributed by atoms with Gasteiger partial charge in [-0.25, -0.2) is 0 Å². The summed E-state index contributed by atoms with van der Waals surface area (Å²) in [4.78, 5) is 14.8. The molecule has 7 nitrogen and oxygen atoms in total. The first kappa shape index (κ1) is 23.2. The van der Waals surface area contributed by atoms with Crippen molar-refractivity contribution in [2.45, 2.75) is 6.42 Å². The number of hydrogen-bond donors (Lipinski definition) is 0. The molecular formula is C26H23N3O4. The second-order valence-electron chi connectivity index (χ2n) is 7.01. The van der Waals surface area contributed by atoms with Gasteiger partial charge in [0.25, 0.3) is 5.69 Å². The van der Waals surface area contributed by atoms with E-state index in [1.807, 2.05) is 42.5 Å². The van der Waals surface area contributed by atoms with Gasteiger partial charge < -0.3 is 9.47 Å². The van der Waals surface area contributed by atoms with E-state index in [2.05, 4.69) is 11.1 Å². The number of allylic oxidation sites excluding steroid dienone is 7. The van der Waals surface area contributed by atoms with E-state index in [0.29, 0.717) is 29.3 Å². The van der Waals surface area contributed by atoms with Crippen molar-refractivity contribution in [2.24, 2.45) is 4.99 Å². The van der Waals surface area contributed by atoms with Crippen molar-refractivity contribution < 1.29 is 14.4 Å². The largest absolute Gasteiger partial charge is 0.493 e. The van der Waals surface area contributed by atoms with E-state index in [0.717, 1.165) is 23.1 Å². The van der Waals surface area contributed by atoms with Crippen LogP contribution in [0.5, 0.6) is 11.5 Å². The molecule has 0 saturated carbocycles. The molecule has 7 heteroatoms. The lowest BCUT2D eigenvalue weighted by Gasteiger charge is -2.19. The Hall–Kier alpha value is -4.44. The molecular weight excluding hydrogens is 418 g/mol. The molecule has 0 unspecified atom stereocenters. The zero-order chi connectivity index (χ0) is 23.6. The molecule has 1 aliphatic heterocycles. The molecule has 1 aliphatic rings. The number of ether oxygens (including phenoxy) is 2. The molecule has 0 N–H and O–H groups in total. The fraction of sp³-hybridized carbons (Fsp3) is 0.154. The van der Waals surface area contributed by atoms with Gasteiger partial charge in [-0.15, -0.1) is 0 Å². The van der Waals surface area contributed by atoms with Gasteiger partial charge in [0.2, 0.25) is 0 Å². The molecule has 166 valence electrons. The number of methoxy groups -OCH3 is 2. The minimum atomic E-state index is -0.425. The molecule has 0 bridgehead atoms. The second-order valence-corrected chi connectivity index (χ2v) is 7.01. The van der Waals surface area contributed by atoms with Crippen LogP contribution in [-0.4, -0.2) is 31.4 Å². The van der Waals surface area contributed by atoms with Crippen LogP contribution < -0.4 is 9.47 Å². The molecule has 33 heavy (non-hydrogen) atoms. The number of rotatable bonds is 8. The zero-order valence-corrected chi connectivity index (χ0v) is 18.4. The van der Waals surface area contributed by atoms with Gasteiger partial charge in [-0.1, -0.05) is 36.5 Å². The van der Waals surface area contributed by atoms with Gasteiger partial charge in [0.15, 0.2) is 11.5 Å². The highest BCUT2D eigenvalue weighted by Crippen LogP contribution is 2.33. The van der Waals surface area contributed by atoms with Crippen molar-refractivity contribution >= 4 is 17.5 Å². The Morgan fingerprint density at radius 2 is 1.73 bits per heavy atom. The number of aliphatic imine (C=N–C) groups is 1. The Morgan fingerprint density at radius 1 is 1.06 bits per heavy atom. The lowest BCUT2D eigenvalue weighted by Crippen LogP contribution is -2.15. The summed E-state index contributed by atoms with van der Waals surface area (Å²) in [5.41, 5.74) is 3.98. The van der Waals surface area contributed by atoms with E-state index in [1.165, 1.54) is 12.1 Å². The van der Waals surface area contributed by atoms with Gasteiger partial charge >= 0.3 is 0 Å². The van der Waals surface area contributed by atoms with Crippen LogP contribution >= 0.6 is 0 Å². The smallest absolute Gasteiger partial charge is 0.269 e. The Kier molecular flexibility index (Phi) is 7.92. The highest BCUT2D eigenvalue weighted by molar-refractivity contribution is 6.16. The minimum absolute atomic E-state index is 0.0634. The molecule has 1 heterocycles. The quantitative estimate of drug-likeness (QED) is 0.242. The molecule has 0 aliphatic carbocycles. The van der Waals surface area contributed by atoms with Crippen LogP contribution in [0.1, 0.15) is 16.7 Å². The van der Waals surface area contributed by atoms with Crippen molar-refractivity contribution in [3.8, 4) is 17.6 Å². The third-order valence-electron chi connectivity index (χ3n) is 4.99. The molecule has 3 rings (SSSR count). The lowest BCUT2D eigenvalue weighted by atomic mass is 9.92. The second kappa shape index (κ2) is 11.3. The van der Waals surface area contributed by atoms with Crippen molar-refractivity contribution in [1.29, 1.82) is 5.26 Å². The van der Waals surface area contributed by atoms with Crippen molar-refractivity contribution in [1.82, 2.24) is 0 Å². The predicted molar refractivity (Wildman–Crippen MR) is 129 cm³/mol. The Balaban J connectivity index is 1.70. The van der Waals surface area contributed by atoms with Crippen LogP contribution in [0.2, 0.25) is 0 Å². The molecule has 2 aromatic carbocycles. The van der Waals surface area contributed by atoms with E-state index in [4.69, 9.17) is 9.47 Å². The zero-order valence-electron chi connectivity index (χ0n) is 18.4. The summed E-state index contributed by atoms with van der Waals surface area (Å²) in [6.45, 7) is 0.605. The Morgan fingerprint density at radius 3 is 2.39 bits per heavy atom. The third kappa shape index (κ3) is 5.83. The average Bonchev–Trinajstić information content (AvgIpc) is 2.84. The average molecular weight is 441 g/mol. The molecule has 0 spiro atoms. The van der Waals surface area contributed by atoms with Crippen LogP contribution in [-0.2, 0) is 6.42 Å². The standard InChI is InChI=1S/C26H23N3O4/c1-32-24-16-20-14-15-28-26(23(20)17-25(24)33-2)21(18-27)9-7-5-3-4-6-8-19-10-12-22(13-11-19)29(30)31/h3-13,16-17H,14-15H2,1-2H3/b4-3+,7-5+,8-6+,21-9+. The first-order valence-corrected chi connectivity index (χ1v) is 10.2. The van der Waals surface area contributed by atoms with Gasteiger partial charge in [0.05, 0.1) is 30.4 Å². The van der Waals surface area contributed by atoms with Crippen molar-refractivity contribution in [3.05, 3.63) is 105 Å². The third-order valence-corrected chi connectivity index (χ3v) is 4.99. The van der Waals surface area contributed by atoms with Gasteiger partial charge in [0.1, 0.15) is 6.07 Å². The van der Waals surface area contributed by atoms with E-state index in [9.17, 15) is 15.4 Å². The maximum absolute atomic E-state index is 10.7. The summed E-state index contributed by atoms with van der Waals surface area (Å²) in [6, 6.07) is 12.4. The van der Waals surface area contributed by atoms with Gasteiger partial charge in [-0.05, 0) is 47.9 Å². The Labute approximate surface area is 192 Å². The maximum Gasteiger partial charge on any atom is 0.269 e. The first-order chi connectivity index (χ1) is 16.1. The summed E-state index contributed by atoms with van der Waals surface area (Å²) in [5, 5.41) is 20.4. The fourth-order valence-corrected chi connectivity index (χ4v) is 3.34. The highest BCUT2D eigenvalue weighted by Gasteiger charge is 2.20. The summed E-state index contributed by atoms with van der Waals surface area (Å²) in [7, 11) is 3.18. The molecule has 0 radical (unpaired) electrons. The SMILES string of the molecule is COc1cc2c(cc1OC)C(/C(C#N)=C/C=C/C=C/C=C/c1ccc([N+](=O)[O-])cc1)=NCC2. The van der Waals surface area contributed by atoms with E-state index >= 15 is 0 Å². The first-order valence-electron chi connectivity index (χ1n) is 10.2. The molecule has 0 aromatic heterocycles. The molecule has 0 amide bonds. The number of hydrogen-bond acceptors (Lipinski definition) is 6.